The molecule has 2 aromatic heterocycles. The summed E-state index contributed by atoms with van der Waals surface area (Å²) < 4.78 is 55.8. The number of piperazine rings is 1. The average molecular weight is 505 g/mol. The molecule has 0 radical (unpaired) electrons. The van der Waals surface area contributed by atoms with Gasteiger partial charge < -0.3 is 25.8 Å². The average Bonchev–Trinajstić information content (AvgIpc) is 2.81. The number of nitrogens with zero attached hydrogens (tertiary/aromatic N) is 4. The number of likely N-dealkylation sites (N-methyl/N-ethyl adjacent to an activating group) is 1. The molecule has 1 aromatic carbocycles. The fraction of sp³-hybridized carbons (Fsp3) is 0.304. The Labute approximate surface area is 203 Å². The maximum atomic E-state index is 15.2. The van der Waals surface area contributed by atoms with Gasteiger partial charge in [-0.25, -0.2) is 14.4 Å². The number of aromatic amines is 1. The van der Waals surface area contributed by atoms with Crippen molar-refractivity contribution in [3.05, 3.63) is 64.1 Å². The fourth-order valence-electron chi connectivity index (χ4n) is 3.97. The van der Waals surface area contributed by atoms with Crippen LogP contribution in [0.1, 0.15) is 22.8 Å². The second kappa shape index (κ2) is 9.57. The smallest absolute Gasteiger partial charge is 0.368 e. The Morgan fingerprint density at radius 2 is 1.89 bits per heavy atom. The van der Waals surface area contributed by atoms with E-state index in [1.165, 1.54) is 24.5 Å². The van der Waals surface area contributed by atoms with Crippen molar-refractivity contribution < 1.29 is 22.4 Å². The number of amides is 1. The normalized spacial score (nSPS) is 16.7. The second-order valence-electron chi connectivity index (χ2n) is 8.53. The van der Waals surface area contributed by atoms with Gasteiger partial charge in [0.25, 0.3) is 5.91 Å². The number of halogens is 4. The lowest BCUT2D eigenvalue weighted by Crippen LogP contribution is -2.50. The number of hydrogen-bond acceptors (Lipinski definition) is 7. The molecule has 4 rings (SSSR count). The lowest BCUT2D eigenvalue weighted by atomic mass is 10.0. The van der Waals surface area contributed by atoms with Crippen LogP contribution in [0.5, 0.6) is 0 Å². The van der Waals surface area contributed by atoms with Crippen LogP contribution in [0.4, 0.5) is 34.9 Å². The maximum absolute atomic E-state index is 15.2. The van der Waals surface area contributed by atoms with Gasteiger partial charge in [-0.1, -0.05) is 0 Å². The number of carbonyl (C=O) groups is 1. The highest BCUT2D eigenvalue weighted by Gasteiger charge is 2.36. The van der Waals surface area contributed by atoms with E-state index in [0.717, 1.165) is 0 Å². The largest absolute Gasteiger partial charge is 0.417 e. The molecule has 1 unspecified atom stereocenters. The molecule has 190 valence electrons. The van der Waals surface area contributed by atoms with Gasteiger partial charge >= 0.3 is 6.18 Å². The minimum atomic E-state index is -4.94. The Kier molecular flexibility index (Phi) is 6.67. The molecular weight excluding hydrogens is 482 g/mol. The number of carbonyl (C=O) groups excluding carboxylic acids is 1. The summed E-state index contributed by atoms with van der Waals surface area (Å²) in [4.78, 5) is 38.3. The van der Waals surface area contributed by atoms with Crippen molar-refractivity contribution in [1.29, 1.82) is 0 Å². The Bertz CT molecular complexity index is 1340. The molecular formula is C23H23F4N7O2. The summed E-state index contributed by atoms with van der Waals surface area (Å²) >= 11 is 0. The first kappa shape index (κ1) is 25.1. The van der Waals surface area contributed by atoms with Gasteiger partial charge in [-0.2, -0.15) is 13.2 Å². The van der Waals surface area contributed by atoms with Gasteiger partial charge in [-0.3, -0.25) is 9.59 Å². The zero-order valence-electron chi connectivity index (χ0n) is 19.4. The van der Waals surface area contributed by atoms with E-state index in [1.807, 2.05) is 18.9 Å². The molecule has 1 atom stereocenters. The summed E-state index contributed by atoms with van der Waals surface area (Å²) in [7, 11) is 1.95. The first-order valence-electron chi connectivity index (χ1n) is 10.9. The van der Waals surface area contributed by atoms with Gasteiger partial charge in [0, 0.05) is 61.5 Å². The summed E-state index contributed by atoms with van der Waals surface area (Å²) in [5, 5.41) is 2.48. The number of nitrogens with one attached hydrogen (secondary N) is 2. The zero-order valence-corrected chi connectivity index (χ0v) is 19.4. The molecule has 3 heterocycles. The second-order valence-corrected chi connectivity index (χ2v) is 8.53. The van der Waals surface area contributed by atoms with Gasteiger partial charge in [0.15, 0.2) is 0 Å². The number of alkyl halides is 3. The number of H-pyrrole nitrogens is 1. The highest BCUT2D eigenvalue weighted by Crippen LogP contribution is 2.36. The van der Waals surface area contributed by atoms with Crippen LogP contribution in [0, 0.1) is 5.82 Å². The van der Waals surface area contributed by atoms with E-state index in [0.29, 0.717) is 37.6 Å². The van der Waals surface area contributed by atoms with Gasteiger partial charge in [0.05, 0.1) is 22.5 Å². The van der Waals surface area contributed by atoms with Crippen molar-refractivity contribution in [3.8, 4) is 11.1 Å². The van der Waals surface area contributed by atoms with Crippen molar-refractivity contribution in [2.24, 2.45) is 0 Å². The number of nitrogens with two attached hydrogens (primary N) is 1. The summed E-state index contributed by atoms with van der Waals surface area (Å²) in [6, 6.07) is 2.96. The topological polar surface area (TPSA) is 120 Å². The van der Waals surface area contributed by atoms with Crippen LogP contribution in [-0.2, 0) is 6.18 Å². The molecule has 0 bridgehead atoms. The predicted molar refractivity (Wildman–Crippen MR) is 126 cm³/mol. The number of nitrogen functional groups attached to an aromatic ring is 1. The van der Waals surface area contributed by atoms with Gasteiger partial charge in [-0.15, -0.1) is 0 Å². The predicted octanol–water partition coefficient (Wildman–Crippen LogP) is 2.96. The third kappa shape index (κ3) is 5.15. The molecule has 9 nitrogen and oxygen atoms in total. The molecule has 13 heteroatoms. The van der Waals surface area contributed by atoms with Crippen LogP contribution in [0.2, 0.25) is 0 Å². The van der Waals surface area contributed by atoms with E-state index >= 15 is 4.39 Å². The van der Waals surface area contributed by atoms with Crippen molar-refractivity contribution in [1.82, 2.24) is 19.9 Å². The third-order valence-corrected chi connectivity index (χ3v) is 6.09. The van der Waals surface area contributed by atoms with Crippen LogP contribution in [0.3, 0.4) is 0 Å². The maximum Gasteiger partial charge on any atom is 0.417 e. The number of pyridine rings is 1. The molecule has 1 aliphatic rings. The minimum absolute atomic E-state index is 0.0199. The minimum Gasteiger partial charge on any atom is -0.368 e. The fourth-order valence-corrected chi connectivity index (χ4v) is 3.97. The lowest BCUT2D eigenvalue weighted by Gasteiger charge is -2.39. The van der Waals surface area contributed by atoms with Gasteiger partial charge in [0.1, 0.15) is 5.82 Å². The zero-order chi connectivity index (χ0) is 26.2. The van der Waals surface area contributed by atoms with Crippen LogP contribution < -0.4 is 21.5 Å². The lowest BCUT2D eigenvalue weighted by molar-refractivity contribution is -0.138. The Hall–Kier alpha value is -4.00. The molecule has 1 amide bonds. The first-order valence-corrected chi connectivity index (χ1v) is 10.9. The highest BCUT2D eigenvalue weighted by atomic mass is 19.4. The van der Waals surface area contributed by atoms with E-state index in [4.69, 9.17) is 5.73 Å². The van der Waals surface area contributed by atoms with E-state index in [9.17, 15) is 22.8 Å². The molecule has 0 spiro atoms. The highest BCUT2D eigenvalue weighted by molar-refractivity contribution is 6.07. The number of hydrogen-bond donors (Lipinski definition) is 3. The number of rotatable bonds is 4. The molecule has 3 aromatic rings. The SMILES string of the molecule is CC1CN(c2cc(F)c(-c3cnc(N)nc3)cc2NC(=O)c2c[nH]c(=O)cc2C(F)(F)F)CCN1C. The van der Waals surface area contributed by atoms with E-state index in [1.54, 1.807) is 0 Å². The van der Waals surface area contributed by atoms with Crippen LogP contribution in [0.25, 0.3) is 11.1 Å². The van der Waals surface area contributed by atoms with Crippen molar-refractivity contribution in [3.63, 3.8) is 0 Å². The molecule has 36 heavy (non-hydrogen) atoms. The standard InChI is InChI=1S/C23H23F4N7O2/c1-12-11-34(4-3-33(12)2)19-7-17(24)14(13-8-30-22(28)31-9-13)5-18(19)32-21(36)15-10-29-20(35)6-16(15)23(25,26)27/h5-10,12H,3-4,11H2,1-2H3,(H,29,35)(H,32,36)(H2,28,30,31). The number of anilines is 3. The molecule has 1 fully saturated rings. The summed E-state index contributed by atoms with van der Waals surface area (Å²) in [6.45, 7) is 3.63. The van der Waals surface area contributed by atoms with Gasteiger partial charge in [0.2, 0.25) is 11.5 Å². The summed E-state index contributed by atoms with van der Waals surface area (Å²) in [5.41, 5.74) is 3.02. The van der Waals surface area contributed by atoms with Crippen LogP contribution in [0.15, 0.2) is 41.6 Å². The Balaban J connectivity index is 1.80. The van der Waals surface area contributed by atoms with Crippen molar-refractivity contribution in [2.75, 3.05) is 42.6 Å². The summed E-state index contributed by atoms with van der Waals surface area (Å²) in [5.74, 6) is -1.77. The Morgan fingerprint density at radius 3 is 2.53 bits per heavy atom. The summed E-state index contributed by atoms with van der Waals surface area (Å²) in [6.07, 6.45) is -1.64. The van der Waals surface area contributed by atoms with E-state index in [2.05, 4.69) is 25.2 Å². The van der Waals surface area contributed by atoms with Crippen LogP contribution >= 0.6 is 0 Å². The van der Waals surface area contributed by atoms with Crippen molar-refractivity contribution in [2.45, 2.75) is 19.1 Å². The molecule has 0 aliphatic carbocycles. The quantitative estimate of drug-likeness (QED) is 0.467. The molecule has 1 saturated heterocycles. The van der Waals surface area contributed by atoms with Crippen molar-refractivity contribution >= 4 is 23.2 Å². The number of aromatic nitrogens is 3. The monoisotopic (exact) mass is 505 g/mol. The van der Waals surface area contributed by atoms with E-state index in [-0.39, 0.29) is 28.8 Å². The first-order chi connectivity index (χ1) is 16.9. The van der Waals surface area contributed by atoms with E-state index < -0.39 is 34.6 Å². The molecule has 4 N–H and O–H groups in total. The van der Waals surface area contributed by atoms with Crippen LogP contribution in [-0.4, -0.2) is 58.5 Å². The molecule has 0 saturated carbocycles. The van der Waals surface area contributed by atoms with Gasteiger partial charge in [-0.05, 0) is 26.1 Å². The Morgan fingerprint density at radius 1 is 1.19 bits per heavy atom. The number of benzene rings is 1. The molecule has 1 aliphatic heterocycles. The third-order valence-electron chi connectivity index (χ3n) is 6.09.